The van der Waals surface area contributed by atoms with Crippen LogP contribution in [0, 0.1) is 13.8 Å². The molecular formula is C12H14F3NO2. The summed E-state index contributed by atoms with van der Waals surface area (Å²) in [6.45, 7) is 2.09. The Morgan fingerprint density at radius 3 is 2.17 bits per heavy atom. The van der Waals surface area contributed by atoms with Crippen LogP contribution in [0.3, 0.4) is 0 Å². The van der Waals surface area contributed by atoms with E-state index in [1.165, 1.54) is 7.05 Å². The average Bonchev–Trinajstić information content (AvgIpc) is 2.22. The summed E-state index contributed by atoms with van der Waals surface area (Å²) in [5, 5.41) is 0. The Kier molecular flexibility index (Phi) is 4.21. The number of rotatable bonds is 2. The molecule has 0 unspecified atom stereocenters. The van der Waals surface area contributed by atoms with Crippen molar-refractivity contribution in [3.63, 3.8) is 0 Å². The summed E-state index contributed by atoms with van der Waals surface area (Å²) in [7, 11) is 1.37. The van der Waals surface area contributed by atoms with Gasteiger partial charge in [0.15, 0.2) is 6.61 Å². The van der Waals surface area contributed by atoms with Crippen molar-refractivity contribution >= 4 is 11.8 Å². The third kappa shape index (κ3) is 4.27. The molecule has 0 aliphatic rings. The van der Waals surface area contributed by atoms with E-state index < -0.39 is 18.9 Å². The Balaban J connectivity index is 2.74. The number of hydrogen-bond donors (Lipinski definition) is 0. The van der Waals surface area contributed by atoms with E-state index in [4.69, 9.17) is 0 Å². The zero-order chi connectivity index (χ0) is 13.9. The van der Waals surface area contributed by atoms with Gasteiger partial charge in [-0.3, -0.25) is 4.90 Å². The summed E-state index contributed by atoms with van der Waals surface area (Å²) < 4.78 is 39.9. The summed E-state index contributed by atoms with van der Waals surface area (Å²) >= 11 is 0. The van der Waals surface area contributed by atoms with E-state index in [1.54, 1.807) is 12.1 Å². The molecule has 0 spiro atoms. The molecule has 0 fully saturated rings. The lowest BCUT2D eigenvalue weighted by atomic mass is 10.1. The highest BCUT2D eigenvalue weighted by atomic mass is 19.4. The Labute approximate surface area is 103 Å². The van der Waals surface area contributed by atoms with Crippen LogP contribution in [0.15, 0.2) is 18.2 Å². The fourth-order valence-electron chi connectivity index (χ4n) is 1.49. The Morgan fingerprint density at radius 2 is 1.72 bits per heavy atom. The smallest absolute Gasteiger partial charge is 0.422 e. The Bertz CT molecular complexity index is 423. The lowest BCUT2D eigenvalue weighted by molar-refractivity contribution is -0.159. The van der Waals surface area contributed by atoms with Crippen LogP contribution in [0.4, 0.5) is 23.7 Å². The molecule has 0 atom stereocenters. The summed E-state index contributed by atoms with van der Waals surface area (Å²) in [5.74, 6) is 0. The second-order valence-electron chi connectivity index (χ2n) is 4.07. The topological polar surface area (TPSA) is 29.5 Å². The van der Waals surface area contributed by atoms with Crippen LogP contribution in [-0.2, 0) is 4.74 Å². The predicted molar refractivity (Wildman–Crippen MR) is 61.7 cm³/mol. The molecule has 1 amide bonds. The number of benzene rings is 1. The number of anilines is 1. The van der Waals surface area contributed by atoms with Gasteiger partial charge in [0.1, 0.15) is 0 Å². The quantitative estimate of drug-likeness (QED) is 0.816. The average molecular weight is 261 g/mol. The van der Waals surface area contributed by atoms with Crippen molar-refractivity contribution in [2.24, 2.45) is 0 Å². The van der Waals surface area contributed by atoms with Crippen LogP contribution in [0.1, 0.15) is 11.1 Å². The summed E-state index contributed by atoms with van der Waals surface area (Å²) in [5.41, 5.74) is 2.33. The van der Waals surface area contributed by atoms with Crippen LogP contribution in [0.25, 0.3) is 0 Å². The van der Waals surface area contributed by atoms with Gasteiger partial charge < -0.3 is 4.74 Å². The lowest BCUT2D eigenvalue weighted by Crippen LogP contribution is -2.31. The molecule has 3 nitrogen and oxygen atoms in total. The van der Waals surface area contributed by atoms with Crippen molar-refractivity contribution in [2.45, 2.75) is 20.0 Å². The number of aryl methyl sites for hydroxylation is 2. The number of ether oxygens (including phenoxy) is 1. The molecule has 0 saturated heterocycles. The molecule has 100 valence electrons. The van der Waals surface area contributed by atoms with Crippen LogP contribution < -0.4 is 4.90 Å². The van der Waals surface area contributed by atoms with Gasteiger partial charge in [0.25, 0.3) is 0 Å². The van der Waals surface area contributed by atoms with Crippen molar-refractivity contribution in [2.75, 3.05) is 18.6 Å². The van der Waals surface area contributed by atoms with E-state index in [9.17, 15) is 18.0 Å². The standard InChI is InChI=1S/C12H14F3NO2/c1-8-4-9(2)6-10(5-8)16(3)11(17)18-7-12(13,14)15/h4-6H,7H2,1-3H3. The van der Waals surface area contributed by atoms with E-state index in [0.717, 1.165) is 16.0 Å². The molecule has 18 heavy (non-hydrogen) atoms. The molecule has 1 rings (SSSR count). The molecule has 0 aliphatic carbocycles. The van der Waals surface area contributed by atoms with Crippen LogP contribution in [0.2, 0.25) is 0 Å². The first-order chi connectivity index (χ1) is 8.19. The highest BCUT2D eigenvalue weighted by Crippen LogP contribution is 2.20. The molecule has 0 radical (unpaired) electrons. The van der Waals surface area contributed by atoms with E-state index in [2.05, 4.69) is 4.74 Å². The number of halogens is 3. The van der Waals surface area contributed by atoms with Gasteiger partial charge >= 0.3 is 12.3 Å². The summed E-state index contributed by atoms with van der Waals surface area (Å²) in [4.78, 5) is 12.5. The zero-order valence-electron chi connectivity index (χ0n) is 10.3. The maximum Gasteiger partial charge on any atom is 0.422 e. The van der Waals surface area contributed by atoms with Gasteiger partial charge in [-0.05, 0) is 37.1 Å². The minimum Gasteiger partial charge on any atom is -0.440 e. The van der Waals surface area contributed by atoms with Gasteiger partial charge in [0, 0.05) is 12.7 Å². The van der Waals surface area contributed by atoms with Crippen molar-refractivity contribution < 1.29 is 22.7 Å². The number of nitrogens with zero attached hydrogens (tertiary/aromatic N) is 1. The number of amides is 1. The molecule has 1 aromatic rings. The SMILES string of the molecule is Cc1cc(C)cc(N(C)C(=O)OCC(F)(F)F)c1. The first kappa shape index (κ1) is 14.3. The van der Waals surface area contributed by atoms with E-state index >= 15 is 0 Å². The molecule has 6 heteroatoms. The van der Waals surface area contributed by atoms with Crippen molar-refractivity contribution in [1.82, 2.24) is 0 Å². The van der Waals surface area contributed by atoms with Crippen molar-refractivity contribution in [3.8, 4) is 0 Å². The first-order valence-electron chi connectivity index (χ1n) is 5.24. The molecular weight excluding hydrogens is 247 g/mol. The summed E-state index contributed by atoms with van der Waals surface area (Å²) in [6.07, 6.45) is -5.55. The second-order valence-corrected chi connectivity index (χ2v) is 4.07. The number of alkyl halides is 3. The van der Waals surface area contributed by atoms with Crippen LogP contribution in [-0.4, -0.2) is 25.9 Å². The van der Waals surface area contributed by atoms with Gasteiger partial charge in [0.05, 0.1) is 0 Å². The number of hydrogen-bond acceptors (Lipinski definition) is 2. The van der Waals surface area contributed by atoms with E-state index in [0.29, 0.717) is 5.69 Å². The Hall–Kier alpha value is -1.72. The van der Waals surface area contributed by atoms with Gasteiger partial charge in [-0.15, -0.1) is 0 Å². The van der Waals surface area contributed by atoms with Gasteiger partial charge in [-0.25, -0.2) is 4.79 Å². The molecule has 0 heterocycles. The molecule has 0 bridgehead atoms. The normalized spacial score (nSPS) is 11.2. The maximum absolute atomic E-state index is 11.9. The first-order valence-corrected chi connectivity index (χ1v) is 5.24. The number of carbonyl (C=O) groups is 1. The highest BCUT2D eigenvalue weighted by Gasteiger charge is 2.30. The molecule has 1 aromatic carbocycles. The largest absolute Gasteiger partial charge is 0.440 e. The maximum atomic E-state index is 11.9. The van der Waals surface area contributed by atoms with Crippen molar-refractivity contribution in [3.05, 3.63) is 29.3 Å². The minimum atomic E-state index is -4.51. The van der Waals surface area contributed by atoms with Gasteiger partial charge in [0.2, 0.25) is 0 Å². The van der Waals surface area contributed by atoms with Crippen LogP contribution in [0.5, 0.6) is 0 Å². The highest BCUT2D eigenvalue weighted by molar-refractivity contribution is 5.87. The molecule has 0 aromatic heterocycles. The fourth-order valence-corrected chi connectivity index (χ4v) is 1.49. The van der Waals surface area contributed by atoms with E-state index in [-0.39, 0.29) is 0 Å². The minimum absolute atomic E-state index is 0.500. The predicted octanol–water partition coefficient (Wildman–Crippen LogP) is 3.44. The van der Waals surface area contributed by atoms with Crippen molar-refractivity contribution in [1.29, 1.82) is 0 Å². The monoisotopic (exact) mass is 261 g/mol. The summed E-state index contributed by atoms with van der Waals surface area (Å²) in [6, 6.07) is 5.29. The molecule has 0 aliphatic heterocycles. The van der Waals surface area contributed by atoms with E-state index in [1.807, 2.05) is 19.9 Å². The second kappa shape index (κ2) is 5.29. The Morgan fingerprint density at radius 1 is 1.22 bits per heavy atom. The molecule has 0 N–H and O–H groups in total. The third-order valence-electron chi connectivity index (χ3n) is 2.23. The van der Waals surface area contributed by atoms with Crippen LogP contribution >= 0.6 is 0 Å². The lowest BCUT2D eigenvalue weighted by Gasteiger charge is -2.18. The third-order valence-corrected chi connectivity index (χ3v) is 2.23. The zero-order valence-corrected chi connectivity index (χ0v) is 10.3. The molecule has 0 saturated carbocycles. The van der Waals surface area contributed by atoms with Gasteiger partial charge in [-0.2, -0.15) is 13.2 Å². The number of carbonyl (C=O) groups excluding carboxylic acids is 1. The fraction of sp³-hybridized carbons (Fsp3) is 0.417. The van der Waals surface area contributed by atoms with Gasteiger partial charge in [-0.1, -0.05) is 6.07 Å².